The highest BCUT2D eigenvalue weighted by molar-refractivity contribution is 9.13. The van der Waals surface area contributed by atoms with Gasteiger partial charge in [-0.25, -0.2) is 0 Å². The molecule has 1 N–H and O–H groups in total. The molecule has 0 aliphatic carbocycles. The number of nitrogens with one attached hydrogen (secondary N) is 1. The Balaban J connectivity index is 2.85. The minimum absolute atomic E-state index is 0.424. The third-order valence-electron chi connectivity index (χ3n) is 2.53. The van der Waals surface area contributed by atoms with Gasteiger partial charge in [-0.15, -0.1) is 0 Å². The van der Waals surface area contributed by atoms with Gasteiger partial charge in [-0.3, -0.25) is 0 Å². The molecule has 0 bridgehead atoms. The molecule has 1 unspecified atom stereocenters. The van der Waals surface area contributed by atoms with Crippen molar-refractivity contribution in [1.29, 1.82) is 0 Å². The van der Waals surface area contributed by atoms with Crippen molar-refractivity contribution in [3.05, 3.63) is 38.3 Å². The highest BCUT2D eigenvalue weighted by Crippen LogP contribution is 2.25. The number of hydrogen-bond acceptors (Lipinski definition) is 1. The molecule has 0 saturated carbocycles. The van der Waals surface area contributed by atoms with E-state index < -0.39 is 0 Å². The summed E-state index contributed by atoms with van der Waals surface area (Å²) in [6, 6.07) is 6.71. The van der Waals surface area contributed by atoms with Crippen LogP contribution < -0.4 is 5.32 Å². The Hall–Kier alpha value is -0.120. The summed E-state index contributed by atoms with van der Waals surface area (Å²) < 4.78 is 2.17. The van der Waals surface area contributed by atoms with Crippen molar-refractivity contribution in [1.82, 2.24) is 5.32 Å². The lowest BCUT2D eigenvalue weighted by atomic mass is 10.1. The van der Waals surface area contributed by atoms with Gasteiger partial charge < -0.3 is 5.32 Å². The summed E-state index contributed by atoms with van der Waals surface area (Å²) in [5.74, 6) is 0. The lowest BCUT2D eigenvalue weighted by Gasteiger charge is -2.13. The second kappa shape index (κ2) is 6.58. The van der Waals surface area contributed by atoms with Gasteiger partial charge in [-0.2, -0.15) is 0 Å². The smallest absolute Gasteiger partial charge is 0.0323 e. The molecule has 1 nitrogen and oxygen atoms in total. The van der Waals surface area contributed by atoms with Crippen molar-refractivity contribution in [3.63, 3.8) is 0 Å². The van der Waals surface area contributed by atoms with E-state index in [-0.39, 0.29) is 0 Å². The van der Waals surface area contributed by atoms with Gasteiger partial charge in [0.2, 0.25) is 0 Å². The van der Waals surface area contributed by atoms with Gasteiger partial charge in [0.15, 0.2) is 0 Å². The molecule has 0 saturated heterocycles. The molecule has 1 rings (SSSR count). The third kappa shape index (κ3) is 4.04. The first-order valence-corrected chi connectivity index (χ1v) is 6.99. The van der Waals surface area contributed by atoms with Crippen LogP contribution >= 0.6 is 31.9 Å². The highest BCUT2D eigenvalue weighted by atomic mass is 79.9. The monoisotopic (exact) mass is 345 g/mol. The summed E-state index contributed by atoms with van der Waals surface area (Å²) in [7, 11) is 0. The largest absolute Gasteiger partial charge is 0.311 e. The molecule has 0 spiro atoms. The van der Waals surface area contributed by atoms with E-state index in [1.54, 1.807) is 0 Å². The molecule has 0 aliphatic rings. The van der Waals surface area contributed by atoms with Crippen LogP contribution in [0.25, 0.3) is 6.08 Å². The summed E-state index contributed by atoms with van der Waals surface area (Å²) in [5.41, 5.74) is 2.56. The van der Waals surface area contributed by atoms with Crippen molar-refractivity contribution in [2.45, 2.75) is 26.8 Å². The lowest BCUT2D eigenvalue weighted by molar-refractivity contribution is 0.636. The fourth-order valence-corrected chi connectivity index (χ4v) is 2.10. The van der Waals surface area contributed by atoms with Gasteiger partial charge in [0.05, 0.1) is 0 Å². The lowest BCUT2D eigenvalue weighted by Crippen LogP contribution is -2.26. The Labute approximate surface area is 115 Å². The number of halogens is 2. The van der Waals surface area contributed by atoms with E-state index in [0.717, 1.165) is 15.5 Å². The van der Waals surface area contributed by atoms with Gasteiger partial charge in [-0.1, -0.05) is 24.6 Å². The molecule has 0 radical (unpaired) electrons. The van der Waals surface area contributed by atoms with Gasteiger partial charge in [0, 0.05) is 15.0 Å². The molecular weight excluding hydrogens is 330 g/mol. The van der Waals surface area contributed by atoms with E-state index >= 15 is 0 Å². The Kier molecular flexibility index (Phi) is 5.73. The molecule has 0 fully saturated rings. The van der Waals surface area contributed by atoms with Crippen LogP contribution in [-0.2, 0) is 0 Å². The molecule has 0 amide bonds. The molecule has 1 atom stereocenters. The van der Waals surface area contributed by atoms with E-state index in [1.807, 2.05) is 0 Å². The molecule has 88 valence electrons. The number of benzene rings is 1. The first-order chi connectivity index (χ1) is 7.54. The second-order valence-corrected chi connectivity index (χ2v) is 5.55. The summed E-state index contributed by atoms with van der Waals surface area (Å²) in [5, 5.41) is 3.40. The third-order valence-corrected chi connectivity index (χ3v) is 4.41. The summed E-state index contributed by atoms with van der Waals surface area (Å²) >= 11 is 6.98. The zero-order chi connectivity index (χ0) is 12.1. The van der Waals surface area contributed by atoms with Crippen molar-refractivity contribution in [2.75, 3.05) is 6.54 Å². The first kappa shape index (κ1) is 13.9. The van der Waals surface area contributed by atoms with Crippen LogP contribution in [0.15, 0.2) is 32.7 Å². The van der Waals surface area contributed by atoms with Crippen LogP contribution in [0.5, 0.6) is 0 Å². The quantitative estimate of drug-likeness (QED) is 0.839. The standard InChI is InChI=1S/C13H17Br2N/c1-4-16-10(3)9(2)7-11-5-6-12(14)13(15)8-11/h5-8,10,16H,4H2,1-3H3/b9-7+. The fraction of sp³-hybridized carbons (Fsp3) is 0.385. The van der Waals surface area contributed by atoms with Crippen LogP contribution in [0.1, 0.15) is 26.3 Å². The Morgan fingerprint density at radius 3 is 2.62 bits per heavy atom. The van der Waals surface area contributed by atoms with Crippen molar-refractivity contribution in [3.8, 4) is 0 Å². The number of likely N-dealkylation sites (N-methyl/N-ethyl adjacent to an activating group) is 1. The molecular formula is C13H17Br2N. The molecule has 1 aromatic rings. The predicted octanol–water partition coefficient (Wildman–Crippen LogP) is 4.61. The Morgan fingerprint density at radius 2 is 2.06 bits per heavy atom. The fourth-order valence-electron chi connectivity index (χ4n) is 1.46. The van der Waals surface area contributed by atoms with Crippen LogP contribution in [0.2, 0.25) is 0 Å². The predicted molar refractivity (Wildman–Crippen MR) is 78.6 cm³/mol. The number of rotatable bonds is 4. The molecule has 3 heteroatoms. The zero-order valence-corrected chi connectivity index (χ0v) is 13.0. The van der Waals surface area contributed by atoms with E-state index in [0.29, 0.717) is 6.04 Å². The van der Waals surface area contributed by atoms with Crippen LogP contribution in [0, 0.1) is 0 Å². The summed E-state index contributed by atoms with van der Waals surface area (Å²) in [4.78, 5) is 0. The van der Waals surface area contributed by atoms with Crippen LogP contribution in [0.4, 0.5) is 0 Å². The van der Waals surface area contributed by atoms with Gasteiger partial charge in [0.1, 0.15) is 0 Å². The van der Waals surface area contributed by atoms with Crippen molar-refractivity contribution >= 4 is 37.9 Å². The maximum Gasteiger partial charge on any atom is 0.0323 e. The van der Waals surface area contributed by atoms with Crippen LogP contribution in [0.3, 0.4) is 0 Å². The molecule has 0 heterocycles. The average Bonchev–Trinajstić information content (AvgIpc) is 2.24. The molecule has 0 aliphatic heterocycles. The zero-order valence-electron chi connectivity index (χ0n) is 9.85. The maximum atomic E-state index is 3.51. The molecule has 16 heavy (non-hydrogen) atoms. The molecule has 1 aromatic carbocycles. The highest BCUT2D eigenvalue weighted by Gasteiger charge is 2.02. The van der Waals surface area contributed by atoms with Gasteiger partial charge in [-0.05, 0) is 69.9 Å². The van der Waals surface area contributed by atoms with Gasteiger partial charge in [0.25, 0.3) is 0 Å². The minimum Gasteiger partial charge on any atom is -0.311 e. The first-order valence-electron chi connectivity index (χ1n) is 5.41. The van der Waals surface area contributed by atoms with Crippen molar-refractivity contribution < 1.29 is 0 Å². The van der Waals surface area contributed by atoms with Gasteiger partial charge >= 0.3 is 0 Å². The Bertz CT molecular complexity index is 386. The normalized spacial score (nSPS) is 13.9. The average molecular weight is 347 g/mol. The maximum absolute atomic E-state index is 3.51. The summed E-state index contributed by atoms with van der Waals surface area (Å²) in [6.07, 6.45) is 2.21. The SMILES string of the molecule is CCNC(C)/C(C)=C/c1ccc(Br)c(Br)c1. The minimum atomic E-state index is 0.424. The topological polar surface area (TPSA) is 12.0 Å². The van der Waals surface area contributed by atoms with E-state index in [1.165, 1.54) is 11.1 Å². The Morgan fingerprint density at radius 1 is 1.38 bits per heavy atom. The van der Waals surface area contributed by atoms with E-state index in [2.05, 4.69) is 82.2 Å². The van der Waals surface area contributed by atoms with E-state index in [4.69, 9.17) is 0 Å². The second-order valence-electron chi connectivity index (χ2n) is 3.84. The van der Waals surface area contributed by atoms with Crippen LogP contribution in [-0.4, -0.2) is 12.6 Å². The van der Waals surface area contributed by atoms with E-state index in [9.17, 15) is 0 Å². The van der Waals surface area contributed by atoms with Crippen molar-refractivity contribution in [2.24, 2.45) is 0 Å². The molecule has 0 aromatic heterocycles. The summed E-state index contributed by atoms with van der Waals surface area (Å²) in [6.45, 7) is 7.46. The number of hydrogen-bond donors (Lipinski definition) is 1.